The molecule has 0 aliphatic heterocycles. The molecule has 94 valence electrons. The lowest BCUT2D eigenvalue weighted by atomic mass is 10.3. The minimum Gasteiger partial charge on any atom is -0.479 e. The van der Waals surface area contributed by atoms with Crippen molar-refractivity contribution < 1.29 is 23.1 Å². The van der Waals surface area contributed by atoms with Crippen LogP contribution in [0, 0.1) is 0 Å². The fraction of sp³-hybridized carbons (Fsp3) is 0.300. The van der Waals surface area contributed by atoms with Gasteiger partial charge in [-0.25, -0.2) is 13.2 Å². The van der Waals surface area contributed by atoms with Crippen LogP contribution in [0.2, 0.25) is 0 Å². The van der Waals surface area contributed by atoms with Crippen LogP contribution in [0.5, 0.6) is 5.75 Å². The van der Waals surface area contributed by atoms with E-state index in [0.717, 1.165) is 6.26 Å². The molecule has 1 aromatic carbocycles. The van der Waals surface area contributed by atoms with Gasteiger partial charge < -0.3 is 9.84 Å². The zero-order chi connectivity index (χ0) is 13.1. The summed E-state index contributed by atoms with van der Waals surface area (Å²) in [5, 5.41) is 8.63. The minimum absolute atomic E-state index is 0.360. The molecule has 0 radical (unpaired) electrons. The average Bonchev–Trinajstić information content (AvgIpc) is 2.18. The Kier molecular flexibility index (Phi) is 3.95. The first-order chi connectivity index (χ1) is 7.78. The largest absolute Gasteiger partial charge is 0.479 e. The Bertz CT molecular complexity index is 494. The topological polar surface area (TPSA) is 92.7 Å². The number of anilines is 1. The van der Waals surface area contributed by atoms with E-state index in [2.05, 4.69) is 4.72 Å². The van der Waals surface area contributed by atoms with Gasteiger partial charge in [-0.3, -0.25) is 4.72 Å². The average molecular weight is 259 g/mol. The normalized spacial score (nSPS) is 12.8. The number of ether oxygens (including phenoxy) is 1. The smallest absolute Gasteiger partial charge is 0.344 e. The molecule has 0 saturated heterocycles. The summed E-state index contributed by atoms with van der Waals surface area (Å²) >= 11 is 0. The van der Waals surface area contributed by atoms with Crippen molar-refractivity contribution in [3.8, 4) is 5.75 Å². The van der Waals surface area contributed by atoms with E-state index in [0.29, 0.717) is 11.4 Å². The van der Waals surface area contributed by atoms with Gasteiger partial charge in [0.1, 0.15) is 5.75 Å². The van der Waals surface area contributed by atoms with Gasteiger partial charge >= 0.3 is 5.97 Å². The summed E-state index contributed by atoms with van der Waals surface area (Å²) in [4.78, 5) is 10.5. The number of sulfonamides is 1. The Labute approximate surface area is 99.3 Å². The lowest BCUT2D eigenvalue weighted by Gasteiger charge is -2.10. The number of hydrogen-bond donors (Lipinski definition) is 2. The Morgan fingerprint density at radius 3 is 2.29 bits per heavy atom. The van der Waals surface area contributed by atoms with Crippen LogP contribution in [-0.4, -0.2) is 31.9 Å². The Morgan fingerprint density at radius 2 is 1.88 bits per heavy atom. The van der Waals surface area contributed by atoms with Crippen molar-refractivity contribution in [2.75, 3.05) is 11.0 Å². The zero-order valence-corrected chi connectivity index (χ0v) is 10.2. The maximum Gasteiger partial charge on any atom is 0.344 e. The van der Waals surface area contributed by atoms with Gasteiger partial charge in [0.05, 0.1) is 6.26 Å². The van der Waals surface area contributed by atoms with Crippen molar-refractivity contribution in [3.63, 3.8) is 0 Å². The molecule has 17 heavy (non-hydrogen) atoms. The van der Waals surface area contributed by atoms with E-state index in [9.17, 15) is 13.2 Å². The van der Waals surface area contributed by atoms with E-state index in [4.69, 9.17) is 9.84 Å². The SMILES string of the molecule is CC(Oc1ccc(NS(C)(=O)=O)cc1)C(=O)O. The Hall–Kier alpha value is -1.76. The maximum atomic E-state index is 10.9. The molecule has 1 rings (SSSR count). The zero-order valence-electron chi connectivity index (χ0n) is 9.38. The van der Waals surface area contributed by atoms with Gasteiger partial charge in [0.2, 0.25) is 10.0 Å². The van der Waals surface area contributed by atoms with Gasteiger partial charge in [-0.2, -0.15) is 0 Å². The highest BCUT2D eigenvalue weighted by molar-refractivity contribution is 7.92. The standard InChI is InChI=1S/C10H13NO5S/c1-7(10(12)13)16-9-5-3-8(4-6-9)11-17(2,14)15/h3-7,11H,1-2H3,(H,12,13). The summed E-state index contributed by atoms with van der Waals surface area (Å²) in [7, 11) is -3.31. The summed E-state index contributed by atoms with van der Waals surface area (Å²) in [6, 6.07) is 5.97. The molecule has 0 aliphatic rings. The van der Waals surface area contributed by atoms with Crippen molar-refractivity contribution in [1.29, 1.82) is 0 Å². The number of hydrogen-bond acceptors (Lipinski definition) is 4. The summed E-state index contributed by atoms with van der Waals surface area (Å²) in [6.45, 7) is 1.41. The first kappa shape index (κ1) is 13.3. The predicted molar refractivity (Wildman–Crippen MR) is 62.6 cm³/mol. The van der Waals surface area contributed by atoms with Crippen LogP contribution >= 0.6 is 0 Å². The molecule has 0 amide bonds. The minimum atomic E-state index is -3.31. The molecular weight excluding hydrogens is 246 g/mol. The number of carbonyl (C=O) groups is 1. The van der Waals surface area contributed by atoms with Crippen LogP contribution in [0.4, 0.5) is 5.69 Å². The maximum absolute atomic E-state index is 10.9. The quantitative estimate of drug-likeness (QED) is 0.819. The van der Waals surface area contributed by atoms with E-state index in [1.165, 1.54) is 31.2 Å². The molecule has 0 aromatic heterocycles. The first-order valence-electron chi connectivity index (χ1n) is 4.75. The molecule has 7 heteroatoms. The van der Waals surface area contributed by atoms with Gasteiger partial charge in [-0.05, 0) is 31.2 Å². The lowest BCUT2D eigenvalue weighted by Crippen LogP contribution is -2.22. The molecular formula is C10H13NO5S. The molecule has 2 N–H and O–H groups in total. The van der Waals surface area contributed by atoms with E-state index >= 15 is 0 Å². The van der Waals surface area contributed by atoms with E-state index in [1.54, 1.807) is 0 Å². The molecule has 0 bridgehead atoms. The number of carboxylic acids is 1. The highest BCUT2D eigenvalue weighted by atomic mass is 32.2. The third-order valence-electron chi connectivity index (χ3n) is 1.82. The molecule has 0 aliphatic carbocycles. The summed E-state index contributed by atoms with van der Waals surface area (Å²) in [6.07, 6.45) is 0.0907. The van der Waals surface area contributed by atoms with Crippen LogP contribution in [0.3, 0.4) is 0 Å². The van der Waals surface area contributed by atoms with E-state index in [1.807, 2.05) is 0 Å². The van der Waals surface area contributed by atoms with Crippen molar-refractivity contribution in [3.05, 3.63) is 24.3 Å². The van der Waals surface area contributed by atoms with Crippen molar-refractivity contribution in [2.45, 2.75) is 13.0 Å². The second-order valence-electron chi connectivity index (χ2n) is 3.50. The van der Waals surface area contributed by atoms with Crippen LogP contribution in [0.25, 0.3) is 0 Å². The number of benzene rings is 1. The fourth-order valence-electron chi connectivity index (χ4n) is 1.07. The number of nitrogens with one attached hydrogen (secondary N) is 1. The summed E-state index contributed by atoms with van der Waals surface area (Å²) < 4.78 is 29.2. The third-order valence-corrected chi connectivity index (χ3v) is 2.42. The lowest BCUT2D eigenvalue weighted by molar-refractivity contribution is -0.144. The molecule has 1 unspecified atom stereocenters. The van der Waals surface area contributed by atoms with Gasteiger partial charge in [-0.15, -0.1) is 0 Å². The fourth-order valence-corrected chi connectivity index (χ4v) is 1.63. The number of aliphatic carboxylic acids is 1. The molecule has 1 atom stereocenters. The number of rotatable bonds is 5. The highest BCUT2D eigenvalue weighted by Gasteiger charge is 2.12. The van der Waals surface area contributed by atoms with Gasteiger partial charge in [0.25, 0.3) is 0 Å². The van der Waals surface area contributed by atoms with Gasteiger partial charge in [-0.1, -0.05) is 0 Å². The monoisotopic (exact) mass is 259 g/mol. The van der Waals surface area contributed by atoms with Crippen molar-refractivity contribution in [1.82, 2.24) is 0 Å². The second-order valence-corrected chi connectivity index (χ2v) is 5.25. The van der Waals surface area contributed by atoms with Gasteiger partial charge in [0.15, 0.2) is 6.10 Å². The Morgan fingerprint density at radius 1 is 1.35 bits per heavy atom. The van der Waals surface area contributed by atoms with Crippen LogP contribution in [-0.2, 0) is 14.8 Å². The molecule has 0 spiro atoms. The van der Waals surface area contributed by atoms with E-state index < -0.39 is 22.1 Å². The first-order valence-corrected chi connectivity index (χ1v) is 6.64. The molecule has 6 nitrogen and oxygen atoms in total. The molecule has 0 fully saturated rings. The van der Waals surface area contributed by atoms with Gasteiger partial charge in [0, 0.05) is 5.69 Å². The van der Waals surface area contributed by atoms with Crippen molar-refractivity contribution >= 4 is 21.7 Å². The molecule has 1 aromatic rings. The molecule has 0 heterocycles. The summed E-state index contributed by atoms with van der Waals surface area (Å²) in [5.41, 5.74) is 0.392. The van der Waals surface area contributed by atoms with Crippen molar-refractivity contribution in [2.24, 2.45) is 0 Å². The third kappa shape index (κ3) is 4.73. The second kappa shape index (κ2) is 5.05. The highest BCUT2D eigenvalue weighted by Crippen LogP contribution is 2.17. The molecule has 0 saturated carbocycles. The van der Waals surface area contributed by atoms with Crippen LogP contribution in [0.15, 0.2) is 24.3 Å². The van der Waals surface area contributed by atoms with Crippen LogP contribution < -0.4 is 9.46 Å². The predicted octanol–water partition coefficient (Wildman–Crippen LogP) is 0.910. The number of carboxylic acid groups (broad SMARTS) is 1. The van der Waals surface area contributed by atoms with Crippen LogP contribution in [0.1, 0.15) is 6.92 Å². The van der Waals surface area contributed by atoms with E-state index in [-0.39, 0.29) is 0 Å². The summed E-state index contributed by atoms with van der Waals surface area (Å²) in [5.74, 6) is -0.706. The Balaban J connectivity index is 2.72.